The highest BCUT2D eigenvalue weighted by molar-refractivity contribution is 5.99. The molecule has 114 valence electrons. The molecular weight excluding hydrogens is 282 g/mol. The molecule has 0 radical (unpaired) electrons. The number of nitrogen functional groups attached to an aromatic ring is 1. The van der Waals surface area contributed by atoms with Crippen LogP contribution < -0.4 is 10.5 Å². The molecule has 2 aromatic rings. The van der Waals surface area contributed by atoms with Crippen LogP contribution in [0.5, 0.6) is 5.75 Å². The van der Waals surface area contributed by atoms with Gasteiger partial charge in [-0.3, -0.25) is 9.59 Å². The van der Waals surface area contributed by atoms with Crippen molar-refractivity contribution in [2.45, 2.75) is 20.0 Å². The van der Waals surface area contributed by atoms with Gasteiger partial charge >= 0.3 is 5.97 Å². The predicted molar refractivity (Wildman–Crippen MR) is 83.0 cm³/mol. The normalized spacial score (nSPS) is 10.2. The first-order valence-corrected chi connectivity index (χ1v) is 6.79. The summed E-state index contributed by atoms with van der Waals surface area (Å²) in [5.74, 6) is -0.823. The van der Waals surface area contributed by atoms with Crippen LogP contribution in [0.4, 0.5) is 5.69 Å². The van der Waals surface area contributed by atoms with Crippen LogP contribution in [-0.4, -0.2) is 16.9 Å². The summed E-state index contributed by atoms with van der Waals surface area (Å²) < 4.78 is 5.69. The number of anilines is 1. The number of Topliss-reactive ketones (excluding diaryl/α,β-unsaturated/α-hetero) is 1. The number of aliphatic carboxylic acids is 1. The summed E-state index contributed by atoms with van der Waals surface area (Å²) in [6, 6.07) is 12.5. The Morgan fingerprint density at radius 1 is 1.18 bits per heavy atom. The molecule has 2 rings (SSSR count). The largest absolute Gasteiger partial charge is 0.489 e. The number of benzene rings is 2. The highest BCUT2D eigenvalue weighted by atomic mass is 16.5. The molecule has 0 aliphatic rings. The van der Waals surface area contributed by atoms with Gasteiger partial charge in [0.05, 0.1) is 6.42 Å². The van der Waals surface area contributed by atoms with E-state index in [2.05, 4.69) is 0 Å². The predicted octanol–water partition coefficient (Wildman–Crippen LogP) is 2.68. The van der Waals surface area contributed by atoms with Gasteiger partial charge in [-0.05, 0) is 18.6 Å². The second-order valence-corrected chi connectivity index (χ2v) is 4.95. The summed E-state index contributed by atoms with van der Waals surface area (Å²) >= 11 is 0. The molecule has 0 atom stereocenters. The van der Waals surface area contributed by atoms with Gasteiger partial charge in [-0.25, -0.2) is 0 Å². The lowest BCUT2D eigenvalue weighted by molar-refractivity contribution is -0.136. The molecule has 0 aliphatic heterocycles. The minimum absolute atomic E-state index is 0.209. The molecule has 22 heavy (non-hydrogen) atoms. The van der Waals surface area contributed by atoms with Crippen LogP contribution >= 0.6 is 0 Å². The Morgan fingerprint density at radius 3 is 2.45 bits per heavy atom. The second-order valence-electron chi connectivity index (χ2n) is 4.95. The average molecular weight is 299 g/mol. The second kappa shape index (κ2) is 6.76. The summed E-state index contributed by atoms with van der Waals surface area (Å²) in [4.78, 5) is 22.5. The molecule has 5 heteroatoms. The van der Waals surface area contributed by atoms with Crippen LogP contribution in [0.2, 0.25) is 0 Å². The third-order valence-electron chi connectivity index (χ3n) is 3.19. The van der Waals surface area contributed by atoms with E-state index in [0.29, 0.717) is 23.5 Å². The van der Waals surface area contributed by atoms with E-state index in [1.165, 1.54) is 19.1 Å². The number of carbonyl (C=O) groups excluding carboxylic acids is 1. The van der Waals surface area contributed by atoms with Crippen molar-refractivity contribution in [1.29, 1.82) is 0 Å². The van der Waals surface area contributed by atoms with Crippen LogP contribution in [0.15, 0.2) is 42.5 Å². The monoisotopic (exact) mass is 299 g/mol. The zero-order chi connectivity index (χ0) is 16.1. The highest BCUT2D eigenvalue weighted by Crippen LogP contribution is 2.27. The Morgan fingerprint density at radius 2 is 1.86 bits per heavy atom. The molecule has 0 saturated heterocycles. The van der Waals surface area contributed by atoms with Crippen LogP contribution in [-0.2, 0) is 17.8 Å². The molecule has 0 spiro atoms. The Hall–Kier alpha value is -2.82. The van der Waals surface area contributed by atoms with Crippen LogP contribution in [0.1, 0.15) is 28.4 Å². The highest BCUT2D eigenvalue weighted by Gasteiger charge is 2.14. The molecule has 0 heterocycles. The van der Waals surface area contributed by atoms with E-state index in [9.17, 15) is 9.59 Å². The number of rotatable bonds is 6. The molecule has 5 nitrogen and oxygen atoms in total. The lowest BCUT2D eigenvalue weighted by atomic mass is 10.0. The topological polar surface area (TPSA) is 89.6 Å². The summed E-state index contributed by atoms with van der Waals surface area (Å²) in [5.41, 5.74) is 7.82. The van der Waals surface area contributed by atoms with E-state index in [1.807, 2.05) is 30.3 Å². The Balaban J connectivity index is 2.30. The molecule has 0 unspecified atom stereocenters. The molecule has 0 fully saturated rings. The Bertz CT molecular complexity index is 695. The first-order chi connectivity index (χ1) is 10.5. The van der Waals surface area contributed by atoms with Gasteiger partial charge in [0.1, 0.15) is 12.4 Å². The van der Waals surface area contributed by atoms with Crippen molar-refractivity contribution in [2.24, 2.45) is 0 Å². The molecule has 0 aliphatic carbocycles. The summed E-state index contributed by atoms with van der Waals surface area (Å²) in [6.07, 6.45) is -0.231. The van der Waals surface area contributed by atoms with Gasteiger partial charge in [-0.15, -0.1) is 0 Å². The van der Waals surface area contributed by atoms with E-state index in [4.69, 9.17) is 15.6 Å². The van der Waals surface area contributed by atoms with Crippen molar-refractivity contribution in [3.05, 3.63) is 59.2 Å². The first kappa shape index (κ1) is 15.6. The lowest BCUT2D eigenvalue weighted by Gasteiger charge is -2.13. The number of ketones is 1. The fourth-order valence-corrected chi connectivity index (χ4v) is 2.12. The van der Waals surface area contributed by atoms with Gasteiger partial charge in [0.2, 0.25) is 0 Å². The summed E-state index contributed by atoms with van der Waals surface area (Å²) in [6.45, 7) is 1.69. The third-order valence-corrected chi connectivity index (χ3v) is 3.19. The smallest absolute Gasteiger partial charge is 0.307 e. The molecule has 0 bridgehead atoms. The molecular formula is C17H17NO4. The number of hydrogen-bond donors (Lipinski definition) is 2. The van der Waals surface area contributed by atoms with Crippen molar-refractivity contribution in [2.75, 3.05) is 5.73 Å². The van der Waals surface area contributed by atoms with Crippen LogP contribution in [0, 0.1) is 0 Å². The molecule has 2 aromatic carbocycles. The summed E-state index contributed by atoms with van der Waals surface area (Å²) in [7, 11) is 0. The van der Waals surface area contributed by atoms with E-state index < -0.39 is 5.97 Å². The van der Waals surface area contributed by atoms with E-state index in [1.54, 1.807) is 0 Å². The number of carbonyl (C=O) groups is 2. The molecule has 3 N–H and O–H groups in total. The fourth-order valence-electron chi connectivity index (χ4n) is 2.12. The number of carboxylic acids is 1. The van der Waals surface area contributed by atoms with E-state index >= 15 is 0 Å². The number of hydrogen-bond acceptors (Lipinski definition) is 4. The maximum Gasteiger partial charge on any atom is 0.307 e. The number of carboxylic acid groups (broad SMARTS) is 1. The maximum absolute atomic E-state index is 11.5. The standard InChI is InChI=1S/C17H17NO4/c1-11(19)14-7-13(8-17(20)21)16(9-15(14)18)22-10-12-5-3-2-4-6-12/h2-7,9H,8,10,18H2,1H3,(H,20,21). The Kier molecular flexibility index (Phi) is 4.78. The van der Waals surface area contributed by atoms with Crippen LogP contribution in [0.25, 0.3) is 0 Å². The minimum Gasteiger partial charge on any atom is -0.489 e. The van der Waals surface area contributed by atoms with E-state index in [-0.39, 0.29) is 17.9 Å². The zero-order valence-electron chi connectivity index (χ0n) is 12.2. The number of ether oxygens (including phenoxy) is 1. The lowest BCUT2D eigenvalue weighted by Crippen LogP contribution is -2.08. The van der Waals surface area contributed by atoms with Crippen molar-refractivity contribution in [3.63, 3.8) is 0 Å². The zero-order valence-corrected chi connectivity index (χ0v) is 12.2. The molecule has 0 saturated carbocycles. The van der Waals surface area contributed by atoms with Crippen molar-refractivity contribution in [3.8, 4) is 5.75 Å². The Labute approximate surface area is 128 Å². The first-order valence-electron chi connectivity index (χ1n) is 6.79. The number of nitrogens with two attached hydrogens (primary N) is 1. The summed E-state index contributed by atoms with van der Waals surface area (Å²) in [5, 5.41) is 9.00. The van der Waals surface area contributed by atoms with Gasteiger partial charge in [0.15, 0.2) is 5.78 Å². The van der Waals surface area contributed by atoms with Gasteiger partial charge in [-0.1, -0.05) is 30.3 Å². The van der Waals surface area contributed by atoms with Crippen molar-refractivity contribution < 1.29 is 19.4 Å². The van der Waals surface area contributed by atoms with Crippen molar-refractivity contribution in [1.82, 2.24) is 0 Å². The minimum atomic E-state index is -0.996. The molecule has 0 aromatic heterocycles. The van der Waals surface area contributed by atoms with Gasteiger partial charge < -0.3 is 15.6 Å². The van der Waals surface area contributed by atoms with Gasteiger partial charge in [0.25, 0.3) is 0 Å². The van der Waals surface area contributed by atoms with Gasteiger partial charge in [-0.2, -0.15) is 0 Å². The SMILES string of the molecule is CC(=O)c1cc(CC(=O)O)c(OCc2ccccc2)cc1N. The quantitative estimate of drug-likeness (QED) is 0.632. The molecule has 0 amide bonds. The van der Waals surface area contributed by atoms with Gasteiger partial charge in [0, 0.05) is 22.9 Å². The average Bonchev–Trinajstić information content (AvgIpc) is 2.47. The van der Waals surface area contributed by atoms with Crippen LogP contribution in [0.3, 0.4) is 0 Å². The fraction of sp³-hybridized carbons (Fsp3) is 0.176. The third kappa shape index (κ3) is 3.85. The van der Waals surface area contributed by atoms with E-state index in [0.717, 1.165) is 5.56 Å². The van der Waals surface area contributed by atoms with Crippen molar-refractivity contribution >= 4 is 17.4 Å². The maximum atomic E-state index is 11.5.